The second-order valence-electron chi connectivity index (χ2n) is 4.80. The number of hydrogen-bond acceptors (Lipinski definition) is 2. The molecule has 1 aliphatic rings. The number of alkyl halides is 1. The average molecular weight is 334 g/mol. The molecule has 1 aliphatic carbocycles. The van der Waals surface area contributed by atoms with E-state index >= 15 is 0 Å². The van der Waals surface area contributed by atoms with Gasteiger partial charge in [-0.1, -0.05) is 22.0 Å². The quantitative estimate of drug-likeness (QED) is 0.727. The number of hydrogen-bond donors (Lipinski definition) is 0. The summed E-state index contributed by atoms with van der Waals surface area (Å²) in [5, 5.41) is -0.0365. The zero-order chi connectivity index (χ0) is 13.2. The van der Waals surface area contributed by atoms with Crippen LogP contribution in [0.1, 0.15) is 36.6 Å². The van der Waals surface area contributed by atoms with Crippen molar-refractivity contribution < 1.29 is 9.47 Å². The number of benzene rings is 1. The second-order valence-corrected chi connectivity index (χ2v) is 6.18. The van der Waals surface area contributed by atoms with E-state index in [-0.39, 0.29) is 11.0 Å². The van der Waals surface area contributed by atoms with Crippen molar-refractivity contribution in [2.75, 3.05) is 14.2 Å². The van der Waals surface area contributed by atoms with Crippen molar-refractivity contribution in [1.82, 2.24) is 0 Å². The van der Waals surface area contributed by atoms with Gasteiger partial charge in [0.15, 0.2) is 0 Å². The van der Waals surface area contributed by atoms with Gasteiger partial charge < -0.3 is 9.47 Å². The highest BCUT2D eigenvalue weighted by Gasteiger charge is 2.39. The summed E-state index contributed by atoms with van der Waals surface area (Å²) in [6, 6.07) is 5.91. The van der Waals surface area contributed by atoms with Crippen molar-refractivity contribution in [2.24, 2.45) is 0 Å². The van der Waals surface area contributed by atoms with E-state index in [1.165, 1.54) is 6.42 Å². The smallest absolute Gasteiger partial charge is 0.120 e. The molecule has 0 amide bonds. The predicted octanol–water partition coefficient (Wildman–Crippen LogP) is 4.70. The monoisotopic (exact) mass is 332 g/mol. The van der Waals surface area contributed by atoms with Crippen molar-refractivity contribution in [2.45, 2.75) is 36.7 Å². The Labute approximate surface area is 122 Å². The molecule has 1 aromatic rings. The minimum absolute atomic E-state index is 0.00815. The van der Waals surface area contributed by atoms with Crippen LogP contribution in [0.25, 0.3) is 0 Å². The minimum Gasteiger partial charge on any atom is -0.497 e. The van der Waals surface area contributed by atoms with Crippen LogP contribution in [0.5, 0.6) is 5.75 Å². The van der Waals surface area contributed by atoms with Crippen molar-refractivity contribution in [3.8, 4) is 5.75 Å². The molecular formula is C14H18BrClO2. The zero-order valence-corrected chi connectivity index (χ0v) is 13.1. The van der Waals surface area contributed by atoms with Gasteiger partial charge in [-0.2, -0.15) is 0 Å². The first-order valence-electron chi connectivity index (χ1n) is 6.13. The van der Waals surface area contributed by atoms with E-state index in [9.17, 15) is 0 Å². The molecule has 1 unspecified atom stereocenters. The Bertz CT molecular complexity index is 413. The standard InChI is InChI=1S/C14H18BrClO2/c1-17-10-4-5-11(12(15)8-10)13(16)9-14(18-2)6-3-7-14/h4-5,8,13H,3,6-7,9H2,1-2H3. The summed E-state index contributed by atoms with van der Waals surface area (Å²) in [6.07, 6.45) is 4.32. The molecule has 0 saturated heterocycles. The zero-order valence-electron chi connectivity index (χ0n) is 10.7. The van der Waals surface area contributed by atoms with Crippen LogP contribution >= 0.6 is 27.5 Å². The van der Waals surface area contributed by atoms with Crippen LogP contribution in [-0.4, -0.2) is 19.8 Å². The van der Waals surface area contributed by atoms with Crippen molar-refractivity contribution in [3.63, 3.8) is 0 Å². The van der Waals surface area contributed by atoms with Crippen LogP contribution in [0.15, 0.2) is 22.7 Å². The third-order valence-electron chi connectivity index (χ3n) is 3.79. The lowest BCUT2D eigenvalue weighted by Gasteiger charge is -2.42. The summed E-state index contributed by atoms with van der Waals surface area (Å²) >= 11 is 10.1. The van der Waals surface area contributed by atoms with Gasteiger partial charge in [-0.25, -0.2) is 0 Å². The Kier molecular flexibility index (Phi) is 4.57. The van der Waals surface area contributed by atoms with Gasteiger partial charge in [-0.05, 0) is 43.4 Å². The van der Waals surface area contributed by atoms with Crippen LogP contribution in [0.3, 0.4) is 0 Å². The van der Waals surface area contributed by atoms with E-state index in [0.717, 1.165) is 35.0 Å². The number of halogens is 2. The van der Waals surface area contributed by atoms with E-state index in [1.807, 2.05) is 18.2 Å². The molecular weight excluding hydrogens is 316 g/mol. The Morgan fingerprint density at radius 2 is 2.11 bits per heavy atom. The molecule has 1 fully saturated rings. The summed E-state index contributed by atoms with van der Waals surface area (Å²) < 4.78 is 11.8. The van der Waals surface area contributed by atoms with Crippen LogP contribution in [0.4, 0.5) is 0 Å². The summed E-state index contributed by atoms with van der Waals surface area (Å²) in [7, 11) is 3.44. The van der Waals surface area contributed by atoms with Crippen LogP contribution in [0.2, 0.25) is 0 Å². The lowest BCUT2D eigenvalue weighted by atomic mass is 9.76. The summed E-state index contributed by atoms with van der Waals surface area (Å²) in [5.74, 6) is 0.833. The molecule has 1 saturated carbocycles. The SMILES string of the molecule is COc1ccc(C(Cl)CC2(OC)CCC2)c(Br)c1. The minimum atomic E-state index is -0.0365. The Morgan fingerprint density at radius 3 is 2.56 bits per heavy atom. The maximum atomic E-state index is 6.53. The van der Waals surface area contributed by atoms with Crippen LogP contribution in [-0.2, 0) is 4.74 Å². The predicted molar refractivity (Wildman–Crippen MR) is 77.5 cm³/mol. The third kappa shape index (κ3) is 2.84. The van der Waals surface area contributed by atoms with E-state index in [4.69, 9.17) is 21.1 Å². The van der Waals surface area contributed by atoms with Crippen molar-refractivity contribution in [3.05, 3.63) is 28.2 Å². The van der Waals surface area contributed by atoms with Gasteiger partial charge in [0.2, 0.25) is 0 Å². The molecule has 0 aliphatic heterocycles. The average Bonchev–Trinajstić information content (AvgIpc) is 2.33. The lowest BCUT2D eigenvalue weighted by molar-refractivity contribution is -0.0780. The third-order valence-corrected chi connectivity index (χ3v) is 4.87. The first-order valence-corrected chi connectivity index (χ1v) is 7.36. The van der Waals surface area contributed by atoms with Gasteiger partial charge >= 0.3 is 0 Å². The Balaban J connectivity index is 2.11. The molecule has 2 nitrogen and oxygen atoms in total. The van der Waals surface area contributed by atoms with Gasteiger partial charge in [0.1, 0.15) is 5.75 Å². The van der Waals surface area contributed by atoms with Crippen molar-refractivity contribution >= 4 is 27.5 Å². The molecule has 0 N–H and O–H groups in total. The van der Waals surface area contributed by atoms with E-state index in [0.29, 0.717) is 0 Å². The second kappa shape index (κ2) is 5.81. The molecule has 0 aromatic heterocycles. The molecule has 1 atom stereocenters. The molecule has 1 aromatic carbocycles. The molecule has 0 radical (unpaired) electrons. The summed E-state index contributed by atoms with van der Waals surface area (Å²) in [6.45, 7) is 0. The fraction of sp³-hybridized carbons (Fsp3) is 0.571. The van der Waals surface area contributed by atoms with E-state index in [2.05, 4.69) is 15.9 Å². The van der Waals surface area contributed by atoms with Gasteiger partial charge in [-0.15, -0.1) is 11.6 Å². The summed E-state index contributed by atoms with van der Waals surface area (Å²) in [5.41, 5.74) is 1.09. The first kappa shape index (κ1) is 14.2. The molecule has 0 spiro atoms. The van der Waals surface area contributed by atoms with Gasteiger partial charge in [-0.3, -0.25) is 0 Å². The fourth-order valence-electron chi connectivity index (χ4n) is 2.39. The Hall–Kier alpha value is -0.250. The number of rotatable bonds is 5. The lowest BCUT2D eigenvalue weighted by Crippen LogP contribution is -2.39. The number of methoxy groups -OCH3 is 2. The largest absolute Gasteiger partial charge is 0.497 e. The highest BCUT2D eigenvalue weighted by Crippen LogP contribution is 2.45. The van der Waals surface area contributed by atoms with Crippen molar-refractivity contribution in [1.29, 1.82) is 0 Å². The maximum absolute atomic E-state index is 6.53. The highest BCUT2D eigenvalue weighted by molar-refractivity contribution is 9.10. The van der Waals surface area contributed by atoms with E-state index < -0.39 is 0 Å². The molecule has 18 heavy (non-hydrogen) atoms. The summed E-state index contributed by atoms with van der Waals surface area (Å²) in [4.78, 5) is 0. The fourth-order valence-corrected chi connectivity index (χ4v) is 3.63. The molecule has 4 heteroatoms. The molecule has 2 rings (SSSR count). The number of ether oxygens (including phenoxy) is 2. The molecule has 0 bridgehead atoms. The first-order chi connectivity index (χ1) is 8.60. The van der Waals surface area contributed by atoms with Crippen LogP contribution in [0, 0.1) is 0 Å². The Morgan fingerprint density at radius 1 is 1.39 bits per heavy atom. The van der Waals surface area contributed by atoms with Crippen LogP contribution < -0.4 is 4.74 Å². The topological polar surface area (TPSA) is 18.5 Å². The molecule has 100 valence electrons. The highest BCUT2D eigenvalue weighted by atomic mass is 79.9. The maximum Gasteiger partial charge on any atom is 0.120 e. The van der Waals surface area contributed by atoms with E-state index in [1.54, 1.807) is 14.2 Å². The van der Waals surface area contributed by atoms with Gasteiger partial charge in [0.05, 0.1) is 18.1 Å². The van der Waals surface area contributed by atoms with Gasteiger partial charge in [0.25, 0.3) is 0 Å². The van der Waals surface area contributed by atoms with Gasteiger partial charge in [0, 0.05) is 11.6 Å². The molecule has 0 heterocycles. The normalized spacial score (nSPS) is 19.1.